The molecule has 3 nitrogen and oxygen atoms in total. The maximum absolute atomic E-state index is 5.72. The summed E-state index contributed by atoms with van der Waals surface area (Å²) in [6.07, 6.45) is 6.05. The molecule has 20 heavy (non-hydrogen) atoms. The first-order chi connectivity index (χ1) is 9.76. The van der Waals surface area contributed by atoms with Crippen molar-refractivity contribution in [2.45, 2.75) is 52.0 Å². The van der Waals surface area contributed by atoms with Gasteiger partial charge in [-0.25, -0.2) is 0 Å². The van der Waals surface area contributed by atoms with Crippen LogP contribution in [0.25, 0.3) is 10.9 Å². The Bertz CT molecular complexity index is 551. The summed E-state index contributed by atoms with van der Waals surface area (Å²) in [5.74, 6) is 5.72. The predicted octanol–water partition coefficient (Wildman–Crippen LogP) is 4.02. The van der Waals surface area contributed by atoms with Crippen LogP contribution < -0.4 is 11.3 Å². The van der Waals surface area contributed by atoms with E-state index in [1.165, 1.54) is 36.6 Å². The molecule has 3 N–H and O–H groups in total. The van der Waals surface area contributed by atoms with E-state index in [4.69, 9.17) is 10.8 Å². The molecule has 1 aromatic heterocycles. The van der Waals surface area contributed by atoms with Gasteiger partial charge in [-0.15, -0.1) is 0 Å². The van der Waals surface area contributed by atoms with Crippen LogP contribution in [0.2, 0.25) is 0 Å². The second-order valence-electron chi connectivity index (χ2n) is 5.45. The molecule has 1 heterocycles. The molecule has 0 radical (unpaired) electrons. The number of benzene rings is 1. The molecule has 0 spiro atoms. The highest BCUT2D eigenvalue weighted by atomic mass is 15.2. The number of aryl methyl sites for hydroxylation is 1. The molecule has 3 heteroatoms. The predicted molar refractivity (Wildman–Crippen MR) is 85.3 cm³/mol. The summed E-state index contributed by atoms with van der Waals surface area (Å²) in [4.78, 5) is 4.76. The number of nitrogens with one attached hydrogen (secondary N) is 1. The van der Waals surface area contributed by atoms with Gasteiger partial charge in [0.25, 0.3) is 0 Å². The number of nitrogens with zero attached hydrogens (tertiary/aromatic N) is 1. The van der Waals surface area contributed by atoms with E-state index in [1.807, 2.05) is 6.07 Å². The lowest BCUT2D eigenvalue weighted by Crippen LogP contribution is -2.28. The second kappa shape index (κ2) is 7.36. The highest BCUT2D eigenvalue weighted by Crippen LogP contribution is 2.23. The average Bonchev–Trinajstić information content (AvgIpc) is 2.47. The van der Waals surface area contributed by atoms with Gasteiger partial charge in [0, 0.05) is 5.39 Å². The van der Waals surface area contributed by atoms with Gasteiger partial charge in [-0.1, -0.05) is 50.8 Å². The number of hydrogen-bond donors (Lipinski definition) is 2. The quantitative estimate of drug-likeness (QED) is 0.454. The van der Waals surface area contributed by atoms with Gasteiger partial charge in [0.15, 0.2) is 0 Å². The minimum Gasteiger partial charge on any atom is -0.271 e. The van der Waals surface area contributed by atoms with Crippen molar-refractivity contribution in [3.63, 3.8) is 0 Å². The van der Waals surface area contributed by atoms with Crippen LogP contribution in [0, 0.1) is 6.92 Å². The molecular formula is C17H25N3. The molecule has 1 atom stereocenters. The first kappa shape index (κ1) is 14.9. The molecule has 0 aliphatic heterocycles. The summed E-state index contributed by atoms with van der Waals surface area (Å²) >= 11 is 0. The van der Waals surface area contributed by atoms with E-state index in [0.29, 0.717) is 0 Å². The van der Waals surface area contributed by atoms with Crippen LogP contribution in [0.3, 0.4) is 0 Å². The summed E-state index contributed by atoms with van der Waals surface area (Å²) < 4.78 is 0. The molecule has 0 fully saturated rings. The van der Waals surface area contributed by atoms with Gasteiger partial charge >= 0.3 is 0 Å². The Kier molecular flexibility index (Phi) is 5.50. The van der Waals surface area contributed by atoms with E-state index in [-0.39, 0.29) is 6.04 Å². The molecule has 0 saturated carbocycles. The minimum absolute atomic E-state index is 0.148. The van der Waals surface area contributed by atoms with Gasteiger partial charge in [0.05, 0.1) is 17.3 Å². The number of hydrogen-bond acceptors (Lipinski definition) is 3. The summed E-state index contributed by atoms with van der Waals surface area (Å²) in [5, 5.41) is 1.22. The highest BCUT2D eigenvalue weighted by Gasteiger charge is 2.12. The van der Waals surface area contributed by atoms with Crippen molar-refractivity contribution in [2.75, 3.05) is 0 Å². The Balaban J connectivity index is 2.17. The Morgan fingerprint density at radius 2 is 2.00 bits per heavy atom. The van der Waals surface area contributed by atoms with Crippen molar-refractivity contribution >= 4 is 10.9 Å². The standard InChI is InChI=1S/C17H25N3/c1-3-4-5-6-11-16(20-18)17-12-13(2)14-9-7-8-10-15(14)19-17/h7-10,12,16,20H,3-6,11,18H2,1-2H3. The zero-order valence-electron chi connectivity index (χ0n) is 12.5. The Labute approximate surface area is 121 Å². The van der Waals surface area contributed by atoms with Gasteiger partial charge in [0.2, 0.25) is 0 Å². The number of aromatic nitrogens is 1. The third-order valence-corrected chi connectivity index (χ3v) is 3.85. The Hall–Kier alpha value is -1.45. The van der Waals surface area contributed by atoms with Crippen LogP contribution in [0.15, 0.2) is 30.3 Å². The van der Waals surface area contributed by atoms with Crippen LogP contribution in [0.4, 0.5) is 0 Å². The van der Waals surface area contributed by atoms with Crippen LogP contribution in [0.1, 0.15) is 56.3 Å². The van der Waals surface area contributed by atoms with E-state index < -0.39 is 0 Å². The van der Waals surface area contributed by atoms with Crippen LogP contribution >= 0.6 is 0 Å². The molecule has 0 aliphatic carbocycles. The van der Waals surface area contributed by atoms with Gasteiger partial charge in [-0.2, -0.15) is 0 Å². The number of unbranched alkanes of at least 4 members (excludes halogenated alkanes) is 3. The molecule has 108 valence electrons. The SMILES string of the molecule is CCCCCCC(NN)c1cc(C)c2ccccc2n1. The number of fused-ring (bicyclic) bond motifs is 1. The minimum atomic E-state index is 0.148. The topological polar surface area (TPSA) is 50.9 Å². The Morgan fingerprint density at radius 1 is 1.20 bits per heavy atom. The number of pyridine rings is 1. The molecule has 1 aromatic carbocycles. The Morgan fingerprint density at radius 3 is 2.75 bits per heavy atom. The summed E-state index contributed by atoms with van der Waals surface area (Å²) in [7, 11) is 0. The van der Waals surface area contributed by atoms with Crippen LogP contribution in [0.5, 0.6) is 0 Å². The first-order valence-electron chi connectivity index (χ1n) is 7.58. The van der Waals surface area contributed by atoms with Crippen LogP contribution in [-0.4, -0.2) is 4.98 Å². The summed E-state index contributed by atoms with van der Waals surface area (Å²) in [6.45, 7) is 4.37. The largest absolute Gasteiger partial charge is 0.271 e. The van der Waals surface area contributed by atoms with Gasteiger partial charge < -0.3 is 0 Å². The van der Waals surface area contributed by atoms with Crippen molar-refractivity contribution in [2.24, 2.45) is 5.84 Å². The first-order valence-corrected chi connectivity index (χ1v) is 7.58. The average molecular weight is 271 g/mol. The molecule has 2 rings (SSSR count). The number of para-hydroxylation sites is 1. The van der Waals surface area contributed by atoms with Gasteiger partial charge in [-0.05, 0) is 31.0 Å². The van der Waals surface area contributed by atoms with Crippen molar-refractivity contribution in [1.82, 2.24) is 10.4 Å². The second-order valence-corrected chi connectivity index (χ2v) is 5.45. The summed E-state index contributed by atoms with van der Waals surface area (Å²) in [5.41, 5.74) is 6.30. The van der Waals surface area contributed by atoms with Crippen molar-refractivity contribution in [3.05, 3.63) is 41.6 Å². The normalized spacial score (nSPS) is 12.8. The summed E-state index contributed by atoms with van der Waals surface area (Å²) in [6, 6.07) is 10.6. The monoisotopic (exact) mass is 271 g/mol. The lowest BCUT2D eigenvalue weighted by molar-refractivity contribution is 0.473. The fraction of sp³-hybridized carbons (Fsp3) is 0.471. The zero-order valence-corrected chi connectivity index (χ0v) is 12.5. The van der Waals surface area contributed by atoms with E-state index in [0.717, 1.165) is 17.6 Å². The van der Waals surface area contributed by atoms with Crippen molar-refractivity contribution in [1.29, 1.82) is 0 Å². The third kappa shape index (κ3) is 3.56. The lowest BCUT2D eigenvalue weighted by atomic mass is 10.0. The number of rotatable bonds is 7. The number of nitrogens with two attached hydrogens (primary N) is 1. The van der Waals surface area contributed by atoms with Gasteiger partial charge in [-0.3, -0.25) is 16.3 Å². The molecule has 0 amide bonds. The van der Waals surface area contributed by atoms with Crippen molar-refractivity contribution < 1.29 is 0 Å². The fourth-order valence-corrected chi connectivity index (χ4v) is 2.65. The lowest BCUT2D eigenvalue weighted by Gasteiger charge is -2.17. The van der Waals surface area contributed by atoms with E-state index in [2.05, 4.69) is 43.5 Å². The van der Waals surface area contributed by atoms with Crippen molar-refractivity contribution in [3.8, 4) is 0 Å². The molecule has 2 aromatic rings. The van der Waals surface area contributed by atoms with Crippen LogP contribution in [-0.2, 0) is 0 Å². The molecular weight excluding hydrogens is 246 g/mol. The molecule has 0 bridgehead atoms. The van der Waals surface area contributed by atoms with Gasteiger partial charge in [0.1, 0.15) is 0 Å². The third-order valence-electron chi connectivity index (χ3n) is 3.85. The maximum Gasteiger partial charge on any atom is 0.0708 e. The van der Waals surface area contributed by atoms with E-state index >= 15 is 0 Å². The smallest absolute Gasteiger partial charge is 0.0708 e. The highest BCUT2D eigenvalue weighted by molar-refractivity contribution is 5.82. The zero-order chi connectivity index (χ0) is 14.4. The maximum atomic E-state index is 5.72. The molecule has 1 unspecified atom stereocenters. The van der Waals surface area contributed by atoms with E-state index in [9.17, 15) is 0 Å². The van der Waals surface area contributed by atoms with E-state index in [1.54, 1.807) is 0 Å². The fourth-order valence-electron chi connectivity index (χ4n) is 2.65. The number of hydrazine groups is 1. The molecule has 0 aliphatic rings. The molecule has 0 saturated heterocycles.